The third-order valence-corrected chi connectivity index (χ3v) is 0.204. The standard InChI is InChI=1S/C2H4O.Ne/c1-2-3-1;/h1-2H2;. The molecular formula is C2H4NeO. The van der Waals surface area contributed by atoms with Crippen molar-refractivity contribution in [3.05, 3.63) is 0 Å². The van der Waals surface area contributed by atoms with Crippen LogP contribution in [0.1, 0.15) is 0 Å². The van der Waals surface area contributed by atoms with E-state index in [4.69, 9.17) is 0 Å². The van der Waals surface area contributed by atoms with E-state index in [1.807, 2.05) is 0 Å². The van der Waals surface area contributed by atoms with Gasteiger partial charge in [0.05, 0.1) is 13.2 Å². The summed E-state index contributed by atoms with van der Waals surface area (Å²) in [7, 11) is 0. The molecule has 0 bridgehead atoms. The van der Waals surface area contributed by atoms with Gasteiger partial charge in [0.25, 0.3) is 0 Å². The zero-order valence-corrected chi connectivity index (χ0v) is 2.18. The zero-order chi connectivity index (χ0) is 2.12. The second-order valence-corrected chi connectivity index (χ2v) is 0.612. The minimum atomic E-state index is 0. The maximum absolute atomic E-state index is 4.50. The fourth-order valence-electron chi connectivity index (χ4n) is 0. The number of ether oxygens (including phenoxy) is 1. The number of rotatable bonds is 0. The molecule has 0 aromatic rings. The van der Waals surface area contributed by atoms with E-state index in [9.17, 15) is 0 Å². The van der Waals surface area contributed by atoms with Crippen LogP contribution in [0.25, 0.3) is 0 Å². The molecule has 0 radical (unpaired) electrons. The van der Waals surface area contributed by atoms with Crippen molar-refractivity contribution >= 4 is 0 Å². The summed E-state index contributed by atoms with van der Waals surface area (Å²) in [5.74, 6) is 0. The molecular weight excluding hydrogens is 60.2 g/mol. The number of hydrogen-bond acceptors (Lipinski definition) is 1. The van der Waals surface area contributed by atoms with E-state index in [0.717, 1.165) is 13.2 Å². The van der Waals surface area contributed by atoms with E-state index in [0.29, 0.717) is 0 Å². The van der Waals surface area contributed by atoms with Gasteiger partial charge in [-0.25, -0.2) is 0 Å². The topological polar surface area (TPSA) is 12.5 Å². The number of hydrogen-bond donors (Lipinski definition) is 0. The second kappa shape index (κ2) is 1.22. The molecule has 2 heteroatoms. The van der Waals surface area contributed by atoms with Crippen molar-refractivity contribution in [3.8, 4) is 0 Å². The smallest absolute Gasteiger partial charge is 0.0701 e. The van der Waals surface area contributed by atoms with E-state index in [2.05, 4.69) is 4.74 Å². The summed E-state index contributed by atoms with van der Waals surface area (Å²) in [4.78, 5) is 0. The Balaban J connectivity index is 0.0000000900. The van der Waals surface area contributed by atoms with Gasteiger partial charge in [0.2, 0.25) is 0 Å². The van der Waals surface area contributed by atoms with Crippen LogP contribution in [-0.4, -0.2) is 13.2 Å². The summed E-state index contributed by atoms with van der Waals surface area (Å²) >= 11 is 0. The molecule has 0 aromatic heterocycles. The monoisotopic (exact) mass is 64.0 g/mol. The average molecular weight is 64.2 g/mol. The molecule has 0 unspecified atom stereocenters. The first-order chi connectivity index (χ1) is 1.50. The molecule has 0 N–H and O–H groups in total. The Bertz CT molecular complexity index is 10.8. The predicted octanol–water partition coefficient (Wildman–Crippen LogP) is 0.0166. The fraction of sp³-hybridized carbons (Fsp3) is 1.00. The van der Waals surface area contributed by atoms with Crippen molar-refractivity contribution in [1.29, 1.82) is 0 Å². The van der Waals surface area contributed by atoms with Crippen molar-refractivity contribution in [3.63, 3.8) is 0 Å². The summed E-state index contributed by atoms with van der Waals surface area (Å²) in [6, 6.07) is 0. The molecule has 1 heterocycles. The van der Waals surface area contributed by atoms with Crippen molar-refractivity contribution in [2.24, 2.45) is 0 Å². The Morgan fingerprint density at radius 1 is 1.25 bits per heavy atom. The third-order valence-electron chi connectivity index (χ3n) is 0.204. The van der Waals surface area contributed by atoms with Crippen LogP contribution in [0, 0.1) is 6.15 Å². The molecule has 0 amide bonds. The van der Waals surface area contributed by atoms with Crippen LogP contribution in [-0.2, 0) is 4.74 Å². The van der Waals surface area contributed by atoms with E-state index in [1.54, 1.807) is 0 Å². The maximum Gasteiger partial charge on any atom is 0.0701 e. The van der Waals surface area contributed by atoms with Gasteiger partial charge in [0.1, 0.15) is 0 Å². The average Bonchev–Trinajstić information content (AvgIpc) is 1.46. The van der Waals surface area contributed by atoms with Crippen LogP contribution in [0.4, 0.5) is 0 Å². The Morgan fingerprint density at radius 3 is 1.50 bits per heavy atom. The fourth-order valence-corrected chi connectivity index (χ4v) is 0. The molecule has 1 aliphatic rings. The summed E-state index contributed by atoms with van der Waals surface area (Å²) in [6.45, 7) is 2.00. The molecule has 0 aliphatic carbocycles. The van der Waals surface area contributed by atoms with Crippen LogP contribution >= 0.6 is 0 Å². The molecule has 0 aromatic carbocycles. The number of epoxide rings is 1. The molecule has 0 atom stereocenters. The van der Waals surface area contributed by atoms with E-state index in [1.165, 1.54) is 0 Å². The van der Waals surface area contributed by atoms with E-state index < -0.39 is 0 Å². The van der Waals surface area contributed by atoms with Crippen molar-refractivity contribution in [2.45, 2.75) is 0 Å². The molecule has 1 saturated heterocycles. The molecule has 0 spiro atoms. The first kappa shape index (κ1) is 3.87. The van der Waals surface area contributed by atoms with Gasteiger partial charge in [0.15, 0.2) is 0 Å². The SMILES string of the molecule is C1CO1.[Ne]. The Labute approximate surface area is 25.3 Å². The molecule has 1 fully saturated rings. The van der Waals surface area contributed by atoms with Crippen LogP contribution in [0.5, 0.6) is 0 Å². The molecule has 1 nitrogen and oxygen atoms in total. The first-order valence-electron chi connectivity index (χ1n) is 1.08. The van der Waals surface area contributed by atoms with Crippen LogP contribution in [0.3, 0.4) is 0 Å². The van der Waals surface area contributed by atoms with Crippen molar-refractivity contribution in [2.75, 3.05) is 13.2 Å². The first-order valence-corrected chi connectivity index (χ1v) is 1.08. The van der Waals surface area contributed by atoms with Crippen molar-refractivity contribution in [1.82, 2.24) is 0 Å². The molecule has 1 aliphatic heterocycles. The molecule has 1 rings (SSSR count). The van der Waals surface area contributed by atoms with Gasteiger partial charge < -0.3 is 4.74 Å². The van der Waals surface area contributed by atoms with E-state index in [-0.39, 0.29) is 6.15 Å². The van der Waals surface area contributed by atoms with Crippen LogP contribution < -0.4 is 0 Å². The van der Waals surface area contributed by atoms with Gasteiger partial charge >= 0.3 is 0 Å². The largest absolute Gasteiger partial charge is 0.377 e. The quantitative estimate of drug-likeness (QED) is 0.362. The minimum Gasteiger partial charge on any atom is -0.377 e. The maximum atomic E-state index is 4.50. The van der Waals surface area contributed by atoms with Gasteiger partial charge in [-0.1, -0.05) is 0 Å². The van der Waals surface area contributed by atoms with Gasteiger partial charge in [-0.15, -0.1) is 0 Å². The van der Waals surface area contributed by atoms with Gasteiger partial charge in [-0.3, -0.25) is 0 Å². The van der Waals surface area contributed by atoms with Gasteiger partial charge in [-0.05, 0) is 0 Å². The predicted molar refractivity (Wildman–Crippen MR) is 10.8 cm³/mol. The zero-order valence-electron chi connectivity index (χ0n) is 2.18. The Morgan fingerprint density at radius 2 is 1.50 bits per heavy atom. The van der Waals surface area contributed by atoms with Crippen LogP contribution in [0.15, 0.2) is 0 Å². The minimum absolute atomic E-state index is 0. The van der Waals surface area contributed by atoms with Gasteiger partial charge in [-0.2, -0.15) is 0 Å². The molecule has 0 saturated carbocycles. The summed E-state index contributed by atoms with van der Waals surface area (Å²) in [5, 5.41) is 0. The molecule has 26 valence electrons. The Kier molecular flexibility index (Phi) is 1.18. The third kappa shape index (κ3) is 1.87. The van der Waals surface area contributed by atoms with Gasteiger partial charge in [0, 0.05) is 6.15 Å². The summed E-state index contributed by atoms with van der Waals surface area (Å²) < 4.78 is 4.50. The van der Waals surface area contributed by atoms with E-state index >= 15 is 0 Å². The Hall–Kier alpha value is -0.131. The van der Waals surface area contributed by atoms with Crippen molar-refractivity contribution < 1.29 is 10.9 Å². The summed E-state index contributed by atoms with van der Waals surface area (Å²) in [6.07, 6.45) is 0. The normalized spacial score (nSPS) is 18.0. The molecule has 4 heavy (non-hydrogen) atoms. The van der Waals surface area contributed by atoms with Crippen LogP contribution in [0.2, 0.25) is 0 Å². The second-order valence-electron chi connectivity index (χ2n) is 0.612. The summed E-state index contributed by atoms with van der Waals surface area (Å²) in [5.41, 5.74) is 0.